The summed E-state index contributed by atoms with van der Waals surface area (Å²) in [4.78, 5) is 0. The molecule has 0 aliphatic carbocycles. The summed E-state index contributed by atoms with van der Waals surface area (Å²) < 4.78 is 224. The second-order valence-corrected chi connectivity index (χ2v) is 6.58. The van der Waals surface area contributed by atoms with Crippen LogP contribution in [0.2, 0.25) is 0 Å². The first kappa shape index (κ1) is 30.8. The van der Waals surface area contributed by atoms with Crippen LogP contribution in [-0.2, 0) is 0 Å². The number of hydrogen-bond donors (Lipinski definition) is 0. The molecule has 0 spiro atoms. The summed E-state index contributed by atoms with van der Waals surface area (Å²) in [6, 6.07) is -6.41. The average molecular weight is 520 g/mol. The van der Waals surface area contributed by atoms with Gasteiger partial charge in [0.2, 0.25) is 0 Å². The Morgan fingerprint density at radius 1 is 0.375 bits per heavy atom. The van der Waals surface area contributed by atoms with Crippen molar-refractivity contribution < 1.29 is 79.1 Å². The first-order valence-corrected chi connectivity index (χ1v) is 8.26. The molecule has 0 fully saturated rings. The number of quaternary nitrogens is 1. The molecule has 0 aromatic carbocycles. The molecular formula is C14H15F17N+. The average Bonchev–Trinajstić information content (AvgIpc) is 2.61. The lowest BCUT2D eigenvalue weighted by Crippen LogP contribution is -2.78. The van der Waals surface area contributed by atoms with Gasteiger partial charge in [-0.15, -0.1) is 8.78 Å². The molecule has 0 atom stereocenters. The zero-order valence-corrected chi connectivity index (χ0v) is 16.0. The Kier molecular flexibility index (Phi) is 7.62. The minimum absolute atomic E-state index is 0.653. The van der Waals surface area contributed by atoms with Crippen LogP contribution in [0.15, 0.2) is 0 Å². The Balaban J connectivity index is 6.99. The number of rotatable bonds is 10. The summed E-state index contributed by atoms with van der Waals surface area (Å²) in [5, 5.41) is 0. The van der Waals surface area contributed by atoms with Crippen molar-refractivity contribution in [2.24, 2.45) is 0 Å². The monoisotopic (exact) mass is 520 g/mol. The summed E-state index contributed by atoms with van der Waals surface area (Å²) in [5.74, 6) is -49.6. The normalized spacial score (nSPS) is 16.5. The van der Waals surface area contributed by atoms with Crippen LogP contribution in [0.1, 0.15) is 20.8 Å². The molecule has 0 rings (SSSR count). The molecule has 0 saturated carbocycles. The first-order chi connectivity index (χ1) is 13.7. The van der Waals surface area contributed by atoms with E-state index in [1.807, 2.05) is 0 Å². The molecule has 0 aliphatic heterocycles. The maximum Gasteiger partial charge on any atom is 0.461 e. The summed E-state index contributed by atoms with van der Waals surface area (Å²) in [6.45, 7) is -1.72. The van der Waals surface area contributed by atoms with Crippen LogP contribution >= 0.6 is 0 Å². The van der Waals surface area contributed by atoms with Crippen LogP contribution < -0.4 is 0 Å². The van der Waals surface area contributed by atoms with E-state index in [0.29, 0.717) is 20.8 Å². The van der Waals surface area contributed by atoms with Crippen molar-refractivity contribution in [3.8, 4) is 0 Å². The Bertz CT molecular complexity index is 614. The first-order valence-electron chi connectivity index (χ1n) is 8.26. The van der Waals surface area contributed by atoms with Crippen molar-refractivity contribution in [2.75, 3.05) is 19.6 Å². The van der Waals surface area contributed by atoms with Crippen LogP contribution in [0.3, 0.4) is 0 Å². The highest BCUT2D eigenvalue weighted by Gasteiger charge is 2.97. The molecule has 194 valence electrons. The van der Waals surface area contributed by atoms with Crippen LogP contribution in [-0.4, -0.2) is 71.9 Å². The third-order valence-corrected chi connectivity index (χ3v) is 5.12. The van der Waals surface area contributed by atoms with Gasteiger partial charge in [0.25, 0.3) is 0 Å². The van der Waals surface area contributed by atoms with Gasteiger partial charge in [-0.3, -0.25) is 4.48 Å². The molecule has 0 aromatic heterocycles. The Hall–Kier alpha value is -1.23. The van der Waals surface area contributed by atoms with Crippen molar-refractivity contribution in [2.45, 2.75) is 68.5 Å². The molecule has 0 saturated heterocycles. The van der Waals surface area contributed by atoms with Gasteiger partial charge in [-0.2, -0.15) is 65.9 Å². The van der Waals surface area contributed by atoms with Gasteiger partial charge in [0.1, 0.15) is 0 Å². The molecule has 0 radical (unpaired) electrons. The molecule has 0 heterocycles. The van der Waals surface area contributed by atoms with E-state index < -0.39 is 71.9 Å². The van der Waals surface area contributed by atoms with E-state index in [1.54, 1.807) is 0 Å². The lowest BCUT2D eigenvalue weighted by molar-refractivity contribution is -1.02. The van der Waals surface area contributed by atoms with Gasteiger partial charge in [-0.25, -0.2) is 0 Å². The standard InChI is InChI=1S/C14H15F17N/c1-4-32(5-2,6-3)14(30,31)12(25,26)10(21,22)8(17,18)7(15,16)9(19,20)11(23,24)13(27,28)29/h4-6H2,1-3H3/q+1. The Morgan fingerprint density at radius 2 is 0.594 bits per heavy atom. The maximum absolute atomic E-state index is 14.3. The van der Waals surface area contributed by atoms with Crippen molar-refractivity contribution in [3.63, 3.8) is 0 Å². The predicted molar refractivity (Wildman–Crippen MR) is 72.6 cm³/mol. The number of alkyl halides is 17. The fourth-order valence-electron chi connectivity index (χ4n) is 2.72. The van der Waals surface area contributed by atoms with Crippen molar-refractivity contribution in [1.29, 1.82) is 0 Å². The molecule has 0 aromatic rings. The molecule has 32 heavy (non-hydrogen) atoms. The van der Waals surface area contributed by atoms with Gasteiger partial charge in [0.15, 0.2) is 0 Å². The maximum atomic E-state index is 14.3. The topological polar surface area (TPSA) is 0 Å². The Labute approximate surface area is 168 Å². The smallest absolute Gasteiger partial charge is 0.258 e. The van der Waals surface area contributed by atoms with Gasteiger partial charge in [0, 0.05) is 0 Å². The van der Waals surface area contributed by atoms with Gasteiger partial charge >= 0.3 is 47.8 Å². The number of hydrogen-bond acceptors (Lipinski definition) is 0. The largest absolute Gasteiger partial charge is 0.461 e. The molecule has 0 unspecified atom stereocenters. The van der Waals surface area contributed by atoms with E-state index in [2.05, 4.69) is 0 Å². The third-order valence-electron chi connectivity index (χ3n) is 5.12. The van der Waals surface area contributed by atoms with Gasteiger partial charge < -0.3 is 0 Å². The second-order valence-electron chi connectivity index (χ2n) is 6.58. The molecule has 0 aliphatic rings. The molecule has 18 heteroatoms. The van der Waals surface area contributed by atoms with Crippen LogP contribution in [0, 0.1) is 0 Å². The van der Waals surface area contributed by atoms with Crippen LogP contribution in [0.25, 0.3) is 0 Å². The van der Waals surface area contributed by atoms with E-state index >= 15 is 0 Å². The summed E-state index contributed by atoms with van der Waals surface area (Å²) in [5.41, 5.74) is 0. The quantitative estimate of drug-likeness (QED) is 0.168. The molecular weight excluding hydrogens is 505 g/mol. The zero-order valence-electron chi connectivity index (χ0n) is 16.0. The van der Waals surface area contributed by atoms with Crippen molar-refractivity contribution >= 4 is 0 Å². The number of nitrogens with zero attached hydrogens (tertiary/aromatic N) is 1. The van der Waals surface area contributed by atoms with Gasteiger partial charge in [-0.05, 0) is 20.8 Å². The number of halogens is 17. The van der Waals surface area contributed by atoms with E-state index in [-0.39, 0.29) is 0 Å². The third kappa shape index (κ3) is 3.49. The van der Waals surface area contributed by atoms with Crippen molar-refractivity contribution in [3.05, 3.63) is 0 Å². The summed E-state index contributed by atoms with van der Waals surface area (Å²) in [6.07, 6.45) is -7.75. The lowest BCUT2D eigenvalue weighted by atomic mass is 9.89. The minimum atomic E-state index is -8.59. The highest BCUT2D eigenvalue weighted by atomic mass is 19.4. The van der Waals surface area contributed by atoms with Crippen LogP contribution in [0.4, 0.5) is 74.6 Å². The van der Waals surface area contributed by atoms with Gasteiger partial charge in [0.05, 0.1) is 19.6 Å². The second kappa shape index (κ2) is 7.92. The minimum Gasteiger partial charge on any atom is -0.258 e. The Morgan fingerprint density at radius 3 is 0.812 bits per heavy atom. The van der Waals surface area contributed by atoms with E-state index in [0.717, 1.165) is 0 Å². The molecule has 0 bridgehead atoms. The van der Waals surface area contributed by atoms with E-state index in [9.17, 15) is 74.6 Å². The van der Waals surface area contributed by atoms with Crippen LogP contribution in [0.5, 0.6) is 0 Å². The van der Waals surface area contributed by atoms with E-state index in [1.165, 1.54) is 0 Å². The molecule has 0 N–H and O–H groups in total. The predicted octanol–water partition coefficient (Wildman–Crippen LogP) is 6.83. The summed E-state index contributed by atoms with van der Waals surface area (Å²) in [7, 11) is 0. The SMILES string of the molecule is CC[N+](CC)(CC)C(F)(F)C(F)(F)C(F)(F)C(F)(F)C(F)(F)C(F)(F)C(F)(F)C(F)(F)F. The van der Waals surface area contributed by atoms with Gasteiger partial charge in [-0.1, -0.05) is 0 Å². The highest BCUT2D eigenvalue weighted by molar-refractivity contribution is 5.14. The zero-order chi connectivity index (χ0) is 26.6. The summed E-state index contributed by atoms with van der Waals surface area (Å²) >= 11 is 0. The lowest BCUT2D eigenvalue weighted by Gasteiger charge is -2.48. The van der Waals surface area contributed by atoms with Crippen molar-refractivity contribution in [1.82, 2.24) is 0 Å². The van der Waals surface area contributed by atoms with E-state index in [4.69, 9.17) is 0 Å². The fraction of sp³-hybridized carbons (Fsp3) is 1.00. The molecule has 0 amide bonds. The molecule has 1 nitrogen and oxygen atoms in total. The highest BCUT2D eigenvalue weighted by Crippen LogP contribution is 2.64. The fourth-order valence-corrected chi connectivity index (χ4v) is 2.72.